The summed E-state index contributed by atoms with van der Waals surface area (Å²) in [5.74, 6) is 0.573. The van der Waals surface area contributed by atoms with E-state index in [9.17, 15) is 0 Å². The number of allylic oxidation sites excluding steroid dienone is 4. The summed E-state index contributed by atoms with van der Waals surface area (Å²) in [6, 6.07) is 35.1. The predicted molar refractivity (Wildman–Crippen MR) is 172 cm³/mol. The molecule has 0 nitrogen and oxygen atoms in total. The van der Waals surface area contributed by atoms with Crippen molar-refractivity contribution in [3.05, 3.63) is 148 Å². The number of halogens is 4. The number of benzene rings is 4. The summed E-state index contributed by atoms with van der Waals surface area (Å²) in [6.45, 7) is 8.94. The molecular weight excluding hydrogens is 677 g/mol. The fourth-order valence-electron chi connectivity index (χ4n) is 4.52. The third kappa shape index (κ3) is 9.84. The Balaban J connectivity index is 0.000000219. The molecule has 5 heteroatoms. The second-order valence-electron chi connectivity index (χ2n) is 10.9. The zero-order valence-corrected chi connectivity index (χ0v) is 29.7. The molecule has 0 bridgehead atoms. The Kier molecular flexibility index (Phi) is 14.6. The molecule has 216 valence electrons. The van der Waals surface area contributed by atoms with E-state index in [1.54, 1.807) is 0 Å². The van der Waals surface area contributed by atoms with E-state index in [1.807, 2.05) is 48.5 Å². The fraction of sp³-hybridized carbons (Fsp3) is 0.189. The van der Waals surface area contributed by atoms with Crippen molar-refractivity contribution in [3.8, 4) is 0 Å². The summed E-state index contributed by atoms with van der Waals surface area (Å²) in [4.78, 5) is 0. The first-order valence-electron chi connectivity index (χ1n) is 13.6. The van der Waals surface area contributed by atoms with Gasteiger partial charge >= 0.3 is 120 Å². The maximum absolute atomic E-state index is 5.86. The van der Waals surface area contributed by atoms with Gasteiger partial charge in [-0.25, -0.2) is 6.08 Å². The molecule has 0 radical (unpaired) electrons. The molecular formula is C37H34Cl4Zr-2. The van der Waals surface area contributed by atoms with Crippen LogP contribution in [0.3, 0.4) is 0 Å². The first kappa shape index (κ1) is 36.3. The quantitative estimate of drug-likeness (QED) is 0.227. The number of fused-ring (bicyclic) bond motifs is 3. The van der Waals surface area contributed by atoms with Crippen LogP contribution < -0.4 is 24.8 Å². The standard InChI is InChI=1S/C13H8Cl2.C13H9.C11H17.2ClH.Zr/c14-12-5-1-10(2-6-12)9-11-3-7-13(15)8-4-11;1-3-7-12-10(5-1)9-11-6-2-4-8-13(11)12;1-5-9-6-7-10(8-9)11(2,3)4;;;/h1-8H;1-9H;7-9H,5H2,1-4H3;2*1H;/q;2*-1;;;+2/p-2. The van der Waals surface area contributed by atoms with Gasteiger partial charge in [-0.1, -0.05) is 81.8 Å². The van der Waals surface area contributed by atoms with Gasteiger partial charge in [0, 0.05) is 0 Å². The minimum atomic E-state index is 0. The van der Waals surface area contributed by atoms with Crippen LogP contribution in [0, 0.1) is 17.4 Å². The van der Waals surface area contributed by atoms with Gasteiger partial charge in [-0.05, 0) is 0 Å². The van der Waals surface area contributed by atoms with Gasteiger partial charge in [0.25, 0.3) is 0 Å². The average Bonchev–Trinajstić information content (AvgIpc) is 3.60. The Morgan fingerprint density at radius 1 is 0.738 bits per heavy atom. The van der Waals surface area contributed by atoms with Crippen LogP contribution in [0.4, 0.5) is 0 Å². The van der Waals surface area contributed by atoms with Crippen molar-refractivity contribution in [3.63, 3.8) is 0 Å². The average molecular weight is 712 g/mol. The molecule has 1 unspecified atom stereocenters. The molecule has 6 rings (SSSR count). The van der Waals surface area contributed by atoms with E-state index in [4.69, 9.17) is 23.2 Å². The van der Waals surface area contributed by atoms with E-state index < -0.39 is 0 Å². The molecule has 0 saturated heterocycles. The van der Waals surface area contributed by atoms with E-state index in [0.717, 1.165) is 10.0 Å². The van der Waals surface area contributed by atoms with Gasteiger partial charge in [0.1, 0.15) is 0 Å². The first-order valence-corrected chi connectivity index (χ1v) is 15.6. The molecule has 0 amide bonds. The summed E-state index contributed by atoms with van der Waals surface area (Å²) in [5.41, 5.74) is 4.16. The van der Waals surface area contributed by atoms with Crippen LogP contribution in [0.15, 0.2) is 121 Å². The summed E-state index contributed by atoms with van der Waals surface area (Å²) in [7, 11) is 0. The minimum absolute atomic E-state index is 0. The topological polar surface area (TPSA) is 0 Å². The van der Waals surface area contributed by atoms with Crippen LogP contribution in [0.5, 0.6) is 0 Å². The third-order valence-electron chi connectivity index (χ3n) is 6.93. The van der Waals surface area contributed by atoms with Crippen LogP contribution in [-0.2, 0) is 24.2 Å². The van der Waals surface area contributed by atoms with Crippen molar-refractivity contribution in [2.24, 2.45) is 11.3 Å². The summed E-state index contributed by atoms with van der Waals surface area (Å²) in [5, 5.41) is 6.93. The second kappa shape index (κ2) is 16.8. The Morgan fingerprint density at radius 3 is 1.52 bits per heavy atom. The van der Waals surface area contributed by atoms with Gasteiger partial charge in [-0.2, -0.15) is 11.6 Å². The zero-order valence-electron chi connectivity index (χ0n) is 24.3. The molecule has 1 aliphatic carbocycles. The molecule has 1 atom stereocenters. The van der Waals surface area contributed by atoms with Crippen molar-refractivity contribution in [1.29, 1.82) is 0 Å². The molecule has 0 fully saturated rings. The van der Waals surface area contributed by atoms with Crippen molar-refractivity contribution in [1.82, 2.24) is 0 Å². The van der Waals surface area contributed by atoms with E-state index in [0.29, 0.717) is 11.3 Å². The molecule has 0 saturated carbocycles. The Labute approximate surface area is 288 Å². The molecule has 0 aliphatic heterocycles. The van der Waals surface area contributed by atoms with Gasteiger partial charge in [0.2, 0.25) is 0 Å². The van der Waals surface area contributed by atoms with Crippen LogP contribution in [0.1, 0.15) is 45.2 Å². The molecule has 0 aromatic heterocycles. The van der Waals surface area contributed by atoms with Crippen molar-refractivity contribution in [2.75, 3.05) is 0 Å². The van der Waals surface area contributed by atoms with E-state index in [-0.39, 0.29) is 24.8 Å². The van der Waals surface area contributed by atoms with Gasteiger partial charge in [-0.15, -0.1) is 39.7 Å². The van der Waals surface area contributed by atoms with E-state index in [1.165, 1.54) is 72.1 Å². The fourth-order valence-corrected chi connectivity index (χ4v) is 5.59. The molecule has 5 aromatic rings. The van der Waals surface area contributed by atoms with Crippen LogP contribution >= 0.6 is 23.2 Å². The SMILES string of the molecule is CCC1[C-]=CC(C(C)(C)C)=C1.Clc1ccc([C](=[Zr+2])c2ccc(Cl)cc2)cc1.[Cl-].[Cl-].c1ccc2c(c1)[cH-]c1ccccc12. The summed E-state index contributed by atoms with van der Waals surface area (Å²) >= 11 is 13.1. The third-order valence-corrected chi connectivity index (χ3v) is 8.85. The van der Waals surface area contributed by atoms with Crippen molar-refractivity contribution in [2.45, 2.75) is 34.1 Å². The van der Waals surface area contributed by atoms with Gasteiger partial charge in [0.15, 0.2) is 0 Å². The maximum Gasteiger partial charge on any atom is -0.0771 e. The summed E-state index contributed by atoms with van der Waals surface area (Å²) in [6.07, 6.45) is 9.00. The molecule has 42 heavy (non-hydrogen) atoms. The number of hydrogen-bond donors (Lipinski definition) is 0. The Morgan fingerprint density at radius 2 is 1.17 bits per heavy atom. The van der Waals surface area contributed by atoms with Crippen LogP contribution in [-0.4, -0.2) is 3.21 Å². The van der Waals surface area contributed by atoms with Crippen molar-refractivity contribution < 1.29 is 49.0 Å². The second-order valence-corrected chi connectivity index (χ2v) is 13.0. The predicted octanol–water partition coefficient (Wildman–Crippen LogP) is 5.19. The molecule has 0 N–H and O–H groups in total. The van der Waals surface area contributed by atoms with Crippen LogP contribution in [0.25, 0.3) is 21.5 Å². The zero-order chi connectivity index (χ0) is 28.7. The largest absolute Gasteiger partial charge is 1.00 e. The number of rotatable bonds is 3. The van der Waals surface area contributed by atoms with Crippen LogP contribution in [0.2, 0.25) is 10.0 Å². The summed E-state index contributed by atoms with van der Waals surface area (Å²) < 4.78 is 1.31. The molecule has 0 spiro atoms. The minimum Gasteiger partial charge on any atom is -1.00 e. The smallest absolute Gasteiger partial charge is 0.0771 e. The number of hydrogen-bond acceptors (Lipinski definition) is 0. The van der Waals surface area contributed by atoms with Gasteiger partial charge in [-0.3, -0.25) is 6.08 Å². The van der Waals surface area contributed by atoms with E-state index >= 15 is 0 Å². The van der Waals surface area contributed by atoms with E-state index in [2.05, 4.69) is 101 Å². The van der Waals surface area contributed by atoms with Crippen molar-refractivity contribution >= 4 is 48.0 Å². The Bertz CT molecular complexity index is 1540. The Hall–Kier alpha value is -1.86. The normalized spacial score (nSPS) is 13.6. The van der Waals surface area contributed by atoms with Gasteiger partial charge < -0.3 is 24.8 Å². The first-order chi connectivity index (χ1) is 19.2. The molecule has 0 heterocycles. The molecule has 1 aliphatic rings. The maximum atomic E-state index is 5.86. The molecule has 5 aromatic carbocycles. The monoisotopic (exact) mass is 708 g/mol. The van der Waals surface area contributed by atoms with Gasteiger partial charge in [0.05, 0.1) is 0 Å².